The molecule has 4 heteroatoms. The quantitative estimate of drug-likeness (QED) is 0.903. The second-order valence-electron chi connectivity index (χ2n) is 4.93. The van der Waals surface area contributed by atoms with Crippen LogP contribution in [0.4, 0.5) is 0 Å². The zero-order chi connectivity index (χ0) is 13.8. The molecular weight excluding hydrogens is 258 g/mol. The average molecular weight is 278 g/mol. The van der Waals surface area contributed by atoms with Gasteiger partial charge < -0.3 is 5.32 Å². The largest absolute Gasteiger partial charge is 0.310 e. The smallest absolute Gasteiger partial charge is 0.0568 e. The Morgan fingerprint density at radius 1 is 1.37 bits per heavy atom. The van der Waals surface area contributed by atoms with Crippen LogP contribution in [0, 0.1) is 0 Å². The highest BCUT2D eigenvalue weighted by atomic mass is 35.5. The summed E-state index contributed by atoms with van der Waals surface area (Å²) in [6.45, 7) is 8.04. The maximum absolute atomic E-state index is 6.37. The molecule has 1 aromatic carbocycles. The summed E-state index contributed by atoms with van der Waals surface area (Å²) < 4.78 is 1.90. The molecule has 3 nitrogen and oxygen atoms in total. The minimum absolute atomic E-state index is 0.473. The second-order valence-corrected chi connectivity index (χ2v) is 5.34. The number of nitrogens with one attached hydrogen (secondary N) is 1. The van der Waals surface area contributed by atoms with Crippen molar-refractivity contribution in [3.8, 4) is 11.1 Å². The number of hydrogen-bond acceptors (Lipinski definition) is 2. The first-order valence-electron chi connectivity index (χ1n) is 6.64. The van der Waals surface area contributed by atoms with Gasteiger partial charge in [-0.15, -0.1) is 0 Å². The van der Waals surface area contributed by atoms with E-state index in [1.807, 2.05) is 23.1 Å². The summed E-state index contributed by atoms with van der Waals surface area (Å²) in [7, 11) is 0. The number of aromatic nitrogens is 2. The van der Waals surface area contributed by atoms with E-state index in [0.717, 1.165) is 29.2 Å². The molecule has 0 saturated heterocycles. The fourth-order valence-electron chi connectivity index (χ4n) is 1.90. The Labute approximate surface area is 119 Å². The van der Waals surface area contributed by atoms with Gasteiger partial charge in [0.15, 0.2) is 0 Å². The zero-order valence-corrected chi connectivity index (χ0v) is 12.4. The van der Waals surface area contributed by atoms with Crippen LogP contribution in [-0.2, 0) is 13.1 Å². The van der Waals surface area contributed by atoms with E-state index in [-0.39, 0.29) is 0 Å². The van der Waals surface area contributed by atoms with E-state index in [0.29, 0.717) is 6.04 Å². The molecule has 0 aliphatic carbocycles. The second kappa shape index (κ2) is 6.22. The van der Waals surface area contributed by atoms with Gasteiger partial charge in [-0.05, 0) is 18.6 Å². The van der Waals surface area contributed by atoms with Gasteiger partial charge in [0, 0.05) is 41.5 Å². The van der Waals surface area contributed by atoms with E-state index in [2.05, 4.69) is 43.3 Å². The SMILES string of the molecule is CCn1cc(-c2ccc(CNC(C)C)cc2Cl)cn1. The molecule has 0 unspecified atom stereocenters. The molecule has 1 heterocycles. The van der Waals surface area contributed by atoms with E-state index in [4.69, 9.17) is 11.6 Å². The predicted molar refractivity (Wildman–Crippen MR) is 80.3 cm³/mol. The van der Waals surface area contributed by atoms with E-state index in [9.17, 15) is 0 Å². The van der Waals surface area contributed by atoms with Crippen LogP contribution in [0.15, 0.2) is 30.6 Å². The third-order valence-electron chi connectivity index (χ3n) is 3.02. The van der Waals surface area contributed by atoms with Crippen molar-refractivity contribution in [3.63, 3.8) is 0 Å². The Morgan fingerprint density at radius 3 is 2.74 bits per heavy atom. The first kappa shape index (κ1) is 14.1. The van der Waals surface area contributed by atoms with E-state index in [1.54, 1.807) is 0 Å². The van der Waals surface area contributed by atoms with Gasteiger partial charge in [-0.25, -0.2) is 0 Å². The highest BCUT2D eigenvalue weighted by Crippen LogP contribution is 2.28. The van der Waals surface area contributed by atoms with Crippen molar-refractivity contribution < 1.29 is 0 Å². The molecule has 102 valence electrons. The molecule has 0 atom stereocenters. The first-order valence-corrected chi connectivity index (χ1v) is 7.02. The number of rotatable bonds is 5. The van der Waals surface area contributed by atoms with Crippen LogP contribution in [0.25, 0.3) is 11.1 Å². The Hall–Kier alpha value is -1.32. The summed E-state index contributed by atoms with van der Waals surface area (Å²) in [6, 6.07) is 6.67. The van der Waals surface area contributed by atoms with Gasteiger partial charge in [0.25, 0.3) is 0 Å². The lowest BCUT2D eigenvalue weighted by Gasteiger charge is -2.09. The normalized spacial score (nSPS) is 11.2. The van der Waals surface area contributed by atoms with Crippen LogP contribution in [0.5, 0.6) is 0 Å². The van der Waals surface area contributed by atoms with Crippen molar-refractivity contribution in [1.82, 2.24) is 15.1 Å². The Balaban J connectivity index is 2.19. The van der Waals surface area contributed by atoms with Crippen molar-refractivity contribution in [2.45, 2.75) is 39.9 Å². The van der Waals surface area contributed by atoms with Crippen molar-refractivity contribution in [1.29, 1.82) is 0 Å². The maximum atomic E-state index is 6.37. The molecule has 0 saturated carbocycles. The van der Waals surface area contributed by atoms with Gasteiger partial charge in [0.2, 0.25) is 0 Å². The minimum atomic E-state index is 0.473. The van der Waals surface area contributed by atoms with Crippen LogP contribution >= 0.6 is 11.6 Å². The Kier molecular flexibility index (Phi) is 4.61. The average Bonchev–Trinajstić information content (AvgIpc) is 2.85. The summed E-state index contributed by atoms with van der Waals surface area (Å²) >= 11 is 6.37. The van der Waals surface area contributed by atoms with Gasteiger partial charge in [-0.3, -0.25) is 4.68 Å². The highest BCUT2D eigenvalue weighted by Gasteiger charge is 2.07. The van der Waals surface area contributed by atoms with Crippen molar-refractivity contribution >= 4 is 11.6 Å². The fraction of sp³-hybridized carbons (Fsp3) is 0.400. The predicted octanol–water partition coefficient (Wildman–Crippen LogP) is 3.72. The van der Waals surface area contributed by atoms with Gasteiger partial charge in [-0.2, -0.15) is 5.10 Å². The summed E-state index contributed by atoms with van der Waals surface area (Å²) in [5.41, 5.74) is 3.30. The molecule has 19 heavy (non-hydrogen) atoms. The molecule has 0 radical (unpaired) electrons. The molecule has 0 bridgehead atoms. The van der Waals surface area contributed by atoms with Gasteiger partial charge in [-0.1, -0.05) is 37.6 Å². The molecular formula is C15H20ClN3. The number of hydrogen-bond donors (Lipinski definition) is 1. The van der Waals surface area contributed by atoms with Crippen LogP contribution in [0.3, 0.4) is 0 Å². The molecule has 0 aliphatic heterocycles. The van der Waals surface area contributed by atoms with E-state index in [1.165, 1.54) is 5.56 Å². The third kappa shape index (κ3) is 3.58. The summed E-state index contributed by atoms with van der Waals surface area (Å²) in [4.78, 5) is 0. The van der Waals surface area contributed by atoms with Crippen LogP contribution in [0.1, 0.15) is 26.3 Å². The van der Waals surface area contributed by atoms with E-state index >= 15 is 0 Å². The van der Waals surface area contributed by atoms with Gasteiger partial charge in [0.1, 0.15) is 0 Å². The monoisotopic (exact) mass is 277 g/mol. The van der Waals surface area contributed by atoms with Crippen LogP contribution < -0.4 is 5.32 Å². The molecule has 0 aliphatic rings. The highest BCUT2D eigenvalue weighted by molar-refractivity contribution is 6.33. The first-order chi connectivity index (χ1) is 9.10. The molecule has 1 N–H and O–H groups in total. The van der Waals surface area contributed by atoms with Gasteiger partial charge in [0.05, 0.1) is 6.20 Å². The number of aryl methyl sites for hydroxylation is 1. The topological polar surface area (TPSA) is 29.9 Å². The molecule has 0 fully saturated rings. The number of benzene rings is 1. The summed E-state index contributed by atoms with van der Waals surface area (Å²) in [5, 5.41) is 8.44. The Morgan fingerprint density at radius 2 is 2.16 bits per heavy atom. The van der Waals surface area contributed by atoms with Crippen LogP contribution in [-0.4, -0.2) is 15.8 Å². The molecule has 0 spiro atoms. The zero-order valence-electron chi connectivity index (χ0n) is 11.7. The summed E-state index contributed by atoms with van der Waals surface area (Å²) in [6.07, 6.45) is 3.88. The Bertz CT molecular complexity index is 546. The van der Waals surface area contributed by atoms with Crippen LogP contribution in [0.2, 0.25) is 5.02 Å². The minimum Gasteiger partial charge on any atom is -0.310 e. The van der Waals surface area contributed by atoms with Crippen molar-refractivity contribution in [3.05, 3.63) is 41.2 Å². The summed E-state index contributed by atoms with van der Waals surface area (Å²) in [5.74, 6) is 0. The maximum Gasteiger partial charge on any atom is 0.0568 e. The number of nitrogens with zero attached hydrogens (tertiary/aromatic N) is 2. The van der Waals surface area contributed by atoms with Crippen molar-refractivity contribution in [2.24, 2.45) is 0 Å². The number of halogens is 1. The van der Waals surface area contributed by atoms with Gasteiger partial charge >= 0.3 is 0 Å². The van der Waals surface area contributed by atoms with E-state index < -0.39 is 0 Å². The molecule has 1 aromatic heterocycles. The molecule has 2 aromatic rings. The standard InChI is InChI=1S/C15H20ClN3/c1-4-19-10-13(9-18-19)14-6-5-12(7-15(14)16)8-17-11(2)3/h5-7,9-11,17H,4,8H2,1-3H3. The fourth-order valence-corrected chi connectivity index (χ4v) is 2.21. The lowest BCUT2D eigenvalue weighted by Crippen LogP contribution is -2.21. The van der Waals surface area contributed by atoms with Crippen molar-refractivity contribution in [2.75, 3.05) is 0 Å². The lowest BCUT2D eigenvalue weighted by molar-refractivity contribution is 0.589. The molecule has 0 amide bonds. The third-order valence-corrected chi connectivity index (χ3v) is 3.33. The lowest BCUT2D eigenvalue weighted by atomic mass is 10.1. The molecule has 2 rings (SSSR count).